The molecule has 0 radical (unpaired) electrons. The van der Waals surface area contributed by atoms with Crippen LogP contribution in [0.1, 0.15) is 27.8 Å². The van der Waals surface area contributed by atoms with Crippen LogP contribution >= 0.6 is 0 Å². The summed E-state index contributed by atoms with van der Waals surface area (Å²) in [5.74, 6) is -0.682. The van der Waals surface area contributed by atoms with E-state index in [4.69, 9.17) is 9.47 Å². The maximum Gasteiger partial charge on any atom is 0.335 e. The molecular weight excluding hydrogens is 582 g/mol. The number of carbonyl (C=O) groups is 2. The molecule has 0 unspecified atom stereocenters. The molecule has 5 aromatic carbocycles. The molecule has 47 heavy (non-hydrogen) atoms. The third-order valence-electron chi connectivity index (χ3n) is 7.31. The molecule has 5 aromatic rings. The molecule has 0 fully saturated rings. The highest BCUT2D eigenvalue weighted by atomic mass is 16.5. The summed E-state index contributed by atoms with van der Waals surface area (Å²) < 4.78 is 10.4. The summed E-state index contributed by atoms with van der Waals surface area (Å²) in [6, 6.07) is 44.0. The minimum atomic E-state index is -0.571. The van der Waals surface area contributed by atoms with Gasteiger partial charge in [0, 0.05) is 40.3 Å². The predicted octanol–water partition coefficient (Wildman–Crippen LogP) is 10.1. The summed E-state index contributed by atoms with van der Waals surface area (Å²) in [6.07, 6.45) is 4.38. The number of hydrogen-bond acceptors (Lipinski definition) is 5. The second kappa shape index (κ2) is 15.0. The van der Waals surface area contributed by atoms with E-state index in [2.05, 4.69) is 85.8 Å². The average Bonchev–Trinajstić information content (AvgIpc) is 3.12. The van der Waals surface area contributed by atoms with Crippen molar-refractivity contribution >= 4 is 52.2 Å². The van der Waals surface area contributed by atoms with Crippen LogP contribution in [0.3, 0.4) is 0 Å². The van der Waals surface area contributed by atoms with Crippen LogP contribution in [0.5, 0.6) is 0 Å². The molecule has 0 bridgehead atoms. The Labute approximate surface area is 275 Å². The van der Waals surface area contributed by atoms with Crippen molar-refractivity contribution in [2.24, 2.45) is 0 Å². The van der Waals surface area contributed by atoms with E-state index in [9.17, 15) is 9.59 Å². The minimum Gasteiger partial charge on any atom is -0.423 e. The van der Waals surface area contributed by atoms with Gasteiger partial charge in [0.2, 0.25) is 0 Å². The molecule has 0 aliphatic carbocycles. The zero-order valence-electron chi connectivity index (χ0n) is 25.8. The molecule has 0 aromatic heterocycles. The van der Waals surface area contributed by atoms with E-state index in [1.165, 1.54) is 0 Å². The van der Waals surface area contributed by atoms with Gasteiger partial charge in [-0.15, -0.1) is 0 Å². The van der Waals surface area contributed by atoms with E-state index >= 15 is 0 Å². The van der Waals surface area contributed by atoms with Gasteiger partial charge in [0.05, 0.1) is 0 Å². The van der Waals surface area contributed by atoms with Gasteiger partial charge < -0.3 is 14.4 Å². The van der Waals surface area contributed by atoms with Crippen molar-refractivity contribution in [3.8, 4) is 0 Å². The molecule has 5 heteroatoms. The summed E-state index contributed by atoms with van der Waals surface area (Å²) in [4.78, 5) is 25.5. The second-order valence-electron chi connectivity index (χ2n) is 10.4. The molecule has 0 saturated heterocycles. The Bertz CT molecular complexity index is 1820. The molecule has 0 spiro atoms. The van der Waals surface area contributed by atoms with Gasteiger partial charge in [-0.25, -0.2) is 9.59 Å². The summed E-state index contributed by atoms with van der Waals surface area (Å²) in [5, 5.41) is 0. The highest BCUT2D eigenvalue weighted by molar-refractivity contribution is 5.92. The molecule has 0 aliphatic rings. The maximum absolute atomic E-state index is 11.7. The standard InChI is InChI=1S/C42H33NO4/c1-5-41(44)46-30(3)33-19-25-38(26-20-33)43(39-27-21-34(22-28-39)31(4)47-42(45)6-2)37-23-17-32(18-24-37)29-40(35-13-9-7-10-14-35)36-15-11-8-12-16-36/h5-29H,1-4H2. The third-order valence-corrected chi connectivity index (χ3v) is 7.31. The van der Waals surface area contributed by atoms with Gasteiger partial charge in [0.15, 0.2) is 0 Å². The number of rotatable bonds is 12. The fourth-order valence-electron chi connectivity index (χ4n) is 4.94. The van der Waals surface area contributed by atoms with Crippen LogP contribution in [0.15, 0.2) is 172 Å². The van der Waals surface area contributed by atoms with Crippen LogP contribution in [-0.2, 0) is 19.1 Å². The molecule has 5 rings (SSSR count). The van der Waals surface area contributed by atoms with Gasteiger partial charge in [-0.05, 0) is 89.0 Å². The lowest BCUT2D eigenvalue weighted by atomic mass is 9.95. The van der Waals surface area contributed by atoms with E-state index in [1.54, 1.807) is 0 Å². The minimum absolute atomic E-state index is 0.230. The van der Waals surface area contributed by atoms with Crippen molar-refractivity contribution in [1.29, 1.82) is 0 Å². The fourth-order valence-corrected chi connectivity index (χ4v) is 4.94. The Hall–Kier alpha value is -6.46. The van der Waals surface area contributed by atoms with E-state index in [1.807, 2.05) is 84.9 Å². The predicted molar refractivity (Wildman–Crippen MR) is 192 cm³/mol. The van der Waals surface area contributed by atoms with E-state index < -0.39 is 11.9 Å². The van der Waals surface area contributed by atoms with E-state index in [0.717, 1.165) is 51.5 Å². The molecule has 0 aliphatic heterocycles. The van der Waals surface area contributed by atoms with Crippen molar-refractivity contribution in [2.45, 2.75) is 0 Å². The maximum atomic E-state index is 11.7. The summed E-state index contributed by atoms with van der Waals surface area (Å²) in [5.41, 5.74) is 8.38. The molecule has 5 nitrogen and oxygen atoms in total. The van der Waals surface area contributed by atoms with Crippen LogP contribution in [0.2, 0.25) is 0 Å². The average molecular weight is 616 g/mol. The summed E-state index contributed by atoms with van der Waals surface area (Å²) in [6.45, 7) is 14.6. The van der Waals surface area contributed by atoms with Crippen molar-refractivity contribution < 1.29 is 19.1 Å². The highest BCUT2D eigenvalue weighted by Gasteiger charge is 2.15. The molecule has 230 valence electrons. The van der Waals surface area contributed by atoms with Crippen LogP contribution in [0, 0.1) is 0 Å². The third kappa shape index (κ3) is 7.98. The first-order valence-electron chi connectivity index (χ1n) is 14.9. The number of ether oxygens (including phenoxy) is 2. The first-order valence-corrected chi connectivity index (χ1v) is 14.9. The largest absolute Gasteiger partial charge is 0.423 e. The van der Waals surface area contributed by atoms with Crippen molar-refractivity contribution in [1.82, 2.24) is 0 Å². The topological polar surface area (TPSA) is 55.8 Å². The van der Waals surface area contributed by atoms with Crippen LogP contribution in [0.25, 0.3) is 23.2 Å². The second-order valence-corrected chi connectivity index (χ2v) is 10.4. The lowest BCUT2D eigenvalue weighted by Crippen LogP contribution is -2.10. The van der Waals surface area contributed by atoms with Gasteiger partial charge in [-0.2, -0.15) is 0 Å². The number of anilines is 3. The molecular formula is C42H33NO4. The number of carbonyl (C=O) groups excluding carboxylic acids is 2. The smallest absolute Gasteiger partial charge is 0.335 e. The fraction of sp³-hybridized carbons (Fsp3) is 0. The molecule has 0 saturated carbocycles. The van der Waals surface area contributed by atoms with Crippen molar-refractivity contribution in [2.75, 3.05) is 4.90 Å². The Morgan fingerprint density at radius 3 is 1.21 bits per heavy atom. The van der Waals surface area contributed by atoms with Crippen LogP contribution < -0.4 is 4.90 Å². The van der Waals surface area contributed by atoms with Gasteiger partial charge in [-0.1, -0.05) is 99.1 Å². The highest BCUT2D eigenvalue weighted by Crippen LogP contribution is 2.36. The monoisotopic (exact) mass is 615 g/mol. The lowest BCUT2D eigenvalue weighted by molar-refractivity contribution is -0.132. The van der Waals surface area contributed by atoms with Gasteiger partial charge in [0.25, 0.3) is 0 Å². The zero-order valence-corrected chi connectivity index (χ0v) is 25.8. The van der Waals surface area contributed by atoms with Crippen LogP contribution in [-0.4, -0.2) is 11.9 Å². The summed E-state index contributed by atoms with van der Waals surface area (Å²) in [7, 11) is 0. The molecule has 0 amide bonds. The van der Waals surface area contributed by atoms with E-state index in [0.29, 0.717) is 11.1 Å². The number of nitrogens with zero attached hydrogens (tertiary/aromatic N) is 1. The van der Waals surface area contributed by atoms with Gasteiger partial charge in [-0.3, -0.25) is 0 Å². The Balaban J connectivity index is 1.51. The Kier molecular flexibility index (Phi) is 10.2. The van der Waals surface area contributed by atoms with Gasteiger partial charge >= 0.3 is 11.9 Å². The first kappa shape index (κ1) is 31.9. The molecule has 0 heterocycles. The number of hydrogen-bond donors (Lipinski definition) is 0. The quantitative estimate of drug-likeness (QED) is 0.0605. The van der Waals surface area contributed by atoms with Gasteiger partial charge in [0.1, 0.15) is 11.5 Å². The SMILES string of the molecule is C=CC(=O)OC(=C)c1ccc(N(c2ccc(C=C(c3ccccc3)c3ccccc3)cc2)c2ccc(C(=C)OC(=O)C=C)cc2)cc1. The molecule has 0 atom stereocenters. The molecule has 0 N–H and O–H groups in total. The van der Waals surface area contributed by atoms with E-state index in [-0.39, 0.29) is 11.5 Å². The number of benzene rings is 5. The Morgan fingerprint density at radius 2 is 0.851 bits per heavy atom. The Morgan fingerprint density at radius 1 is 0.489 bits per heavy atom. The van der Waals surface area contributed by atoms with Crippen LogP contribution in [0.4, 0.5) is 17.1 Å². The summed E-state index contributed by atoms with van der Waals surface area (Å²) >= 11 is 0. The normalized spacial score (nSPS) is 10.2. The zero-order chi connectivity index (χ0) is 33.2. The first-order chi connectivity index (χ1) is 22.9. The number of esters is 2. The van der Waals surface area contributed by atoms with Crippen molar-refractivity contribution in [3.63, 3.8) is 0 Å². The van der Waals surface area contributed by atoms with Crippen molar-refractivity contribution in [3.05, 3.63) is 200 Å². The lowest BCUT2D eigenvalue weighted by Gasteiger charge is -2.26.